The smallest absolute Gasteiger partial charge is 0.258 e. The standard InChI is InChI=1S/C12H13N3O2/c1-7-3-9(5-10(16)4-7)11(17)15-12-13-6-8(2)14-12/h3-6,16H,1-2H3,(H2,13,14,15,17). The fourth-order valence-corrected chi connectivity index (χ4v) is 1.55. The van der Waals surface area contributed by atoms with Gasteiger partial charge in [0.2, 0.25) is 5.95 Å². The van der Waals surface area contributed by atoms with Gasteiger partial charge in [-0.25, -0.2) is 4.98 Å². The molecule has 1 amide bonds. The number of phenolic OH excluding ortho intramolecular Hbond substituents is 1. The summed E-state index contributed by atoms with van der Waals surface area (Å²) in [6, 6.07) is 4.71. The first-order valence-electron chi connectivity index (χ1n) is 5.18. The Morgan fingerprint density at radius 2 is 2.12 bits per heavy atom. The Bertz CT molecular complexity index is 540. The van der Waals surface area contributed by atoms with Crippen molar-refractivity contribution in [2.75, 3.05) is 5.32 Å². The lowest BCUT2D eigenvalue weighted by molar-refractivity contribution is 0.102. The zero-order valence-corrected chi connectivity index (χ0v) is 9.61. The number of benzene rings is 1. The van der Waals surface area contributed by atoms with E-state index in [1.165, 1.54) is 6.07 Å². The molecular weight excluding hydrogens is 218 g/mol. The van der Waals surface area contributed by atoms with Gasteiger partial charge in [0.25, 0.3) is 5.91 Å². The summed E-state index contributed by atoms with van der Waals surface area (Å²) in [7, 11) is 0. The number of aromatic amines is 1. The summed E-state index contributed by atoms with van der Waals surface area (Å²) < 4.78 is 0. The van der Waals surface area contributed by atoms with Crippen molar-refractivity contribution in [1.29, 1.82) is 0 Å². The summed E-state index contributed by atoms with van der Waals surface area (Å²) >= 11 is 0. The van der Waals surface area contributed by atoms with Crippen molar-refractivity contribution in [3.05, 3.63) is 41.2 Å². The number of nitrogens with zero attached hydrogens (tertiary/aromatic N) is 1. The molecule has 0 unspecified atom stereocenters. The molecule has 0 radical (unpaired) electrons. The molecule has 1 aromatic carbocycles. The zero-order valence-electron chi connectivity index (χ0n) is 9.61. The van der Waals surface area contributed by atoms with Crippen LogP contribution in [-0.4, -0.2) is 21.0 Å². The number of H-pyrrole nitrogens is 1. The van der Waals surface area contributed by atoms with Gasteiger partial charge in [-0.2, -0.15) is 0 Å². The van der Waals surface area contributed by atoms with Gasteiger partial charge in [-0.3, -0.25) is 10.1 Å². The molecule has 0 aliphatic rings. The molecule has 0 saturated carbocycles. The predicted molar refractivity (Wildman–Crippen MR) is 64.1 cm³/mol. The summed E-state index contributed by atoms with van der Waals surface area (Å²) in [5, 5.41) is 12.0. The number of phenols is 1. The number of anilines is 1. The number of aryl methyl sites for hydroxylation is 2. The van der Waals surface area contributed by atoms with Crippen molar-refractivity contribution >= 4 is 11.9 Å². The van der Waals surface area contributed by atoms with Crippen LogP contribution < -0.4 is 5.32 Å². The number of carbonyl (C=O) groups is 1. The van der Waals surface area contributed by atoms with Gasteiger partial charge in [0.05, 0.1) is 0 Å². The first kappa shape index (κ1) is 11.2. The van der Waals surface area contributed by atoms with Gasteiger partial charge in [-0.1, -0.05) is 0 Å². The third-order valence-electron chi connectivity index (χ3n) is 2.26. The minimum atomic E-state index is -0.307. The monoisotopic (exact) mass is 231 g/mol. The normalized spacial score (nSPS) is 10.2. The molecule has 0 fully saturated rings. The summed E-state index contributed by atoms with van der Waals surface area (Å²) in [5.74, 6) is 0.164. The van der Waals surface area contributed by atoms with Crippen LogP contribution >= 0.6 is 0 Å². The molecule has 88 valence electrons. The van der Waals surface area contributed by atoms with E-state index in [0.717, 1.165) is 11.3 Å². The van der Waals surface area contributed by atoms with E-state index in [-0.39, 0.29) is 11.7 Å². The maximum Gasteiger partial charge on any atom is 0.258 e. The van der Waals surface area contributed by atoms with Gasteiger partial charge in [0, 0.05) is 17.5 Å². The highest BCUT2D eigenvalue weighted by molar-refractivity contribution is 6.03. The Balaban J connectivity index is 2.19. The molecule has 2 aromatic rings. The Hall–Kier alpha value is -2.30. The van der Waals surface area contributed by atoms with Crippen LogP contribution in [0.1, 0.15) is 21.6 Å². The van der Waals surface area contributed by atoms with Crippen LogP contribution in [0.25, 0.3) is 0 Å². The Labute approximate surface area is 98.5 Å². The van der Waals surface area contributed by atoms with E-state index in [9.17, 15) is 9.90 Å². The molecule has 0 bridgehead atoms. The third kappa shape index (κ3) is 2.63. The molecule has 0 saturated heterocycles. The van der Waals surface area contributed by atoms with Crippen LogP contribution in [-0.2, 0) is 0 Å². The highest BCUT2D eigenvalue weighted by Gasteiger charge is 2.09. The van der Waals surface area contributed by atoms with E-state index in [4.69, 9.17) is 0 Å². The van der Waals surface area contributed by atoms with Gasteiger partial charge in [-0.05, 0) is 37.6 Å². The fourth-order valence-electron chi connectivity index (χ4n) is 1.55. The van der Waals surface area contributed by atoms with Gasteiger partial charge < -0.3 is 10.1 Å². The third-order valence-corrected chi connectivity index (χ3v) is 2.26. The number of aromatic nitrogens is 2. The quantitative estimate of drug-likeness (QED) is 0.739. The van der Waals surface area contributed by atoms with Crippen molar-refractivity contribution in [3.8, 4) is 5.75 Å². The summed E-state index contributed by atoms with van der Waals surface area (Å²) in [6.07, 6.45) is 1.63. The molecule has 5 nitrogen and oxygen atoms in total. The zero-order chi connectivity index (χ0) is 12.4. The highest BCUT2D eigenvalue weighted by Crippen LogP contribution is 2.16. The van der Waals surface area contributed by atoms with Crippen LogP contribution in [0.5, 0.6) is 5.75 Å². The summed E-state index contributed by atoms with van der Waals surface area (Å²) in [4.78, 5) is 18.7. The minimum absolute atomic E-state index is 0.0748. The van der Waals surface area contributed by atoms with Gasteiger partial charge in [0.1, 0.15) is 5.75 Å². The van der Waals surface area contributed by atoms with Crippen molar-refractivity contribution < 1.29 is 9.90 Å². The summed E-state index contributed by atoms with van der Waals surface area (Å²) in [5.41, 5.74) is 2.09. The second kappa shape index (κ2) is 4.29. The number of rotatable bonds is 2. The molecule has 0 spiro atoms. The molecule has 1 heterocycles. The number of hydrogen-bond donors (Lipinski definition) is 3. The largest absolute Gasteiger partial charge is 0.508 e. The SMILES string of the molecule is Cc1cc(O)cc(C(=O)Nc2ncc(C)[nH]2)c1. The molecule has 5 heteroatoms. The molecule has 3 N–H and O–H groups in total. The van der Waals surface area contributed by atoms with Crippen LogP contribution in [0.2, 0.25) is 0 Å². The van der Waals surface area contributed by atoms with Crippen molar-refractivity contribution in [2.45, 2.75) is 13.8 Å². The van der Waals surface area contributed by atoms with E-state index in [2.05, 4.69) is 15.3 Å². The van der Waals surface area contributed by atoms with Crippen molar-refractivity contribution in [1.82, 2.24) is 9.97 Å². The van der Waals surface area contributed by atoms with E-state index in [1.807, 2.05) is 13.8 Å². The van der Waals surface area contributed by atoms with Gasteiger partial charge >= 0.3 is 0 Å². The molecule has 2 rings (SSSR count). The Kier molecular flexibility index (Phi) is 2.82. The molecule has 0 aliphatic heterocycles. The topological polar surface area (TPSA) is 78.0 Å². The number of nitrogens with one attached hydrogen (secondary N) is 2. The maximum absolute atomic E-state index is 11.8. The first-order chi connectivity index (χ1) is 8.04. The van der Waals surface area contributed by atoms with Crippen LogP contribution in [0, 0.1) is 13.8 Å². The van der Waals surface area contributed by atoms with E-state index >= 15 is 0 Å². The first-order valence-corrected chi connectivity index (χ1v) is 5.18. The molecule has 1 aromatic heterocycles. The second-order valence-corrected chi connectivity index (χ2v) is 3.93. The van der Waals surface area contributed by atoms with E-state index < -0.39 is 0 Å². The number of carbonyl (C=O) groups excluding carboxylic acids is 1. The number of amides is 1. The van der Waals surface area contributed by atoms with Crippen LogP contribution in [0.15, 0.2) is 24.4 Å². The predicted octanol–water partition coefficient (Wildman–Crippen LogP) is 1.98. The molecule has 0 atom stereocenters. The number of hydrogen-bond acceptors (Lipinski definition) is 3. The van der Waals surface area contributed by atoms with Crippen LogP contribution in [0.4, 0.5) is 5.95 Å². The fraction of sp³-hybridized carbons (Fsp3) is 0.167. The average Bonchev–Trinajstić information content (AvgIpc) is 2.62. The van der Waals surface area contributed by atoms with E-state index in [0.29, 0.717) is 11.5 Å². The summed E-state index contributed by atoms with van der Waals surface area (Å²) in [6.45, 7) is 3.66. The number of aromatic hydroxyl groups is 1. The maximum atomic E-state index is 11.8. The Morgan fingerprint density at radius 3 is 2.71 bits per heavy atom. The Morgan fingerprint density at radius 1 is 1.35 bits per heavy atom. The van der Waals surface area contributed by atoms with Crippen molar-refractivity contribution in [3.63, 3.8) is 0 Å². The van der Waals surface area contributed by atoms with Crippen molar-refractivity contribution in [2.24, 2.45) is 0 Å². The van der Waals surface area contributed by atoms with Gasteiger partial charge in [0.15, 0.2) is 0 Å². The lowest BCUT2D eigenvalue weighted by Crippen LogP contribution is -2.13. The highest BCUT2D eigenvalue weighted by atomic mass is 16.3. The average molecular weight is 231 g/mol. The second-order valence-electron chi connectivity index (χ2n) is 3.93. The van der Waals surface area contributed by atoms with Crippen LogP contribution in [0.3, 0.4) is 0 Å². The molecule has 0 aliphatic carbocycles. The lowest BCUT2D eigenvalue weighted by atomic mass is 10.1. The van der Waals surface area contributed by atoms with Gasteiger partial charge in [-0.15, -0.1) is 0 Å². The lowest BCUT2D eigenvalue weighted by Gasteiger charge is -2.04. The molecule has 17 heavy (non-hydrogen) atoms. The number of imidazole rings is 1. The molecular formula is C12H13N3O2. The minimum Gasteiger partial charge on any atom is -0.508 e. The van der Waals surface area contributed by atoms with E-state index in [1.54, 1.807) is 18.3 Å².